The lowest BCUT2D eigenvalue weighted by Gasteiger charge is -2.35. The number of nitrogens with zero attached hydrogens (tertiary/aromatic N) is 2. The fourth-order valence-electron chi connectivity index (χ4n) is 3.13. The third-order valence-electron chi connectivity index (χ3n) is 4.51. The molecule has 0 atom stereocenters. The molecule has 7 heteroatoms. The Balaban J connectivity index is 1.56. The third-order valence-corrected chi connectivity index (χ3v) is 4.74. The van der Waals surface area contributed by atoms with Crippen LogP contribution in [0.2, 0.25) is 5.02 Å². The molecule has 0 radical (unpaired) electrons. The molecule has 0 aliphatic carbocycles. The fourth-order valence-corrected chi connectivity index (χ4v) is 3.35. The van der Waals surface area contributed by atoms with Crippen LogP contribution in [0.5, 0.6) is 5.75 Å². The summed E-state index contributed by atoms with van der Waals surface area (Å²) in [7, 11) is 0. The number of halogens is 1. The van der Waals surface area contributed by atoms with E-state index in [4.69, 9.17) is 16.3 Å². The summed E-state index contributed by atoms with van der Waals surface area (Å²) in [5.74, 6) is -0.215. The van der Waals surface area contributed by atoms with E-state index in [1.165, 1.54) is 6.92 Å². The Bertz CT molecular complexity index is 891. The van der Waals surface area contributed by atoms with E-state index < -0.39 is 5.97 Å². The van der Waals surface area contributed by atoms with Gasteiger partial charge in [0.1, 0.15) is 5.75 Å². The SMILES string of the molecule is CC(=O)Oc1cccc(C(=O)N2CCN(C(=O)Cc3cccc(Cl)c3)CC2)c1. The van der Waals surface area contributed by atoms with Crippen molar-refractivity contribution >= 4 is 29.4 Å². The van der Waals surface area contributed by atoms with Gasteiger partial charge in [-0.25, -0.2) is 0 Å². The molecule has 0 bridgehead atoms. The van der Waals surface area contributed by atoms with Crippen molar-refractivity contribution in [2.24, 2.45) is 0 Å². The Morgan fingerprint density at radius 3 is 2.32 bits per heavy atom. The molecule has 1 fully saturated rings. The highest BCUT2D eigenvalue weighted by Gasteiger charge is 2.25. The topological polar surface area (TPSA) is 66.9 Å². The average molecular weight is 401 g/mol. The van der Waals surface area contributed by atoms with Gasteiger partial charge in [-0.05, 0) is 35.9 Å². The number of esters is 1. The van der Waals surface area contributed by atoms with Crippen molar-refractivity contribution in [3.05, 3.63) is 64.7 Å². The molecule has 28 heavy (non-hydrogen) atoms. The summed E-state index contributed by atoms with van der Waals surface area (Å²) in [5, 5.41) is 0.608. The number of piperazine rings is 1. The predicted octanol–water partition coefficient (Wildman–Crippen LogP) is 2.79. The number of ether oxygens (including phenoxy) is 1. The van der Waals surface area contributed by atoms with Crippen molar-refractivity contribution in [2.75, 3.05) is 26.2 Å². The first-order valence-electron chi connectivity index (χ1n) is 9.02. The van der Waals surface area contributed by atoms with Crippen LogP contribution in [-0.4, -0.2) is 53.8 Å². The predicted molar refractivity (Wildman–Crippen MR) is 105 cm³/mol. The highest BCUT2D eigenvalue weighted by atomic mass is 35.5. The largest absolute Gasteiger partial charge is 0.427 e. The van der Waals surface area contributed by atoms with Gasteiger partial charge in [0.25, 0.3) is 5.91 Å². The van der Waals surface area contributed by atoms with Gasteiger partial charge >= 0.3 is 5.97 Å². The molecule has 2 amide bonds. The van der Waals surface area contributed by atoms with Crippen LogP contribution in [0.4, 0.5) is 0 Å². The van der Waals surface area contributed by atoms with Crippen molar-refractivity contribution < 1.29 is 19.1 Å². The maximum atomic E-state index is 12.7. The highest BCUT2D eigenvalue weighted by molar-refractivity contribution is 6.30. The molecule has 146 valence electrons. The molecule has 0 N–H and O–H groups in total. The standard InChI is InChI=1S/C21H21ClN2O4/c1-15(25)28-19-7-3-5-17(14-19)21(27)24-10-8-23(9-11-24)20(26)13-16-4-2-6-18(22)12-16/h2-7,12,14H,8-11,13H2,1H3. The quantitative estimate of drug-likeness (QED) is 0.584. The summed E-state index contributed by atoms with van der Waals surface area (Å²) in [5.41, 5.74) is 1.33. The monoisotopic (exact) mass is 400 g/mol. The first kappa shape index (κ1) is 19.9. The van der Waals surface area contributed by atoms with Crippen LogP contribution in [0, 0.1) is 0 Å². The molecule has 3 rings (SSSR count). The maximum Gasteiger partial charge on any atom is 0.308 e. The van der Waals surface area contributed by atoms with Crippen molar-refractivity contribution in [1.82, 2.24) is 9.80 Å². The molecule has 0 unspecified atom stereocenters. The molecule has 0 spiro atoms. The van der Waals surface area contributed by atoms with Crippen LogP contribution in [0.15, 0.2) is 48.5 Å². The first-order valence-corrected chi connectivity index (χ1v) is 9.40. The van der Waals surface area contributed by atoms with Crippen molar-refractivity contribution in [1.29, 1.82) is 0 Å². The second-order valence-corrected chi connectivity index (χ2v) is 7.04. The average Bonchev–Trinajstić information content (AvgIpc) is 2.67. The van der Waals surface area contributed by atoms with Crippen LogP contribution in [0.3, 0.4) is 0 Å². The Labute approximate surface area is 168 Å². The van der Waals surface area contributed by atoms with E-state index in [2.05, 4.69) is 0 Å². The van der Waals surface area contributed by atoms with E-state index in [1.807, 2.05) is 12.1 Å². The van der Waals surface area contributed by atoms with Gasteiger partial charge in [-0.15, -0.1) is 0 Å². The normalized spacial score (nSPS) is 13.9. The van der Waals surface area contributed by atoms with Gasteiger partial charge in [0, 0.05) is 43.7 Å². The number of carbonyl (C=O) groups is 3. The van der Waals surface area contributed by atoms with Crippen molar-refractivity contribution in [3.63, 3.8) is 0 Å². The number of carbonyl (C=O) groups excluding carboxylic acids is 3. The van der Waals surface area contributed by atoms with E-state index in [1.54, 1.807) is 46.2 Å². The lowest BCUT2D eigenvalue weighted by atomic mass is 10.1. The van der Waals surface area contributed by atoms with E-state index in [0.717, 1.165) is 5.56 Å². The zero-order chi connectivity index (χ0) is 20.1. The Morgan fingerprint density at radius 1 is 0.964 bits per heavy atom. The number of benzene rings is 2. The van der Waals surface area contributed by atoms with E-state index in [0.29, 0.717) is 48.9 Å². The minimum Gasteiger partial charge on any atom is -0.427 e. The first-order chi connectivity index (χ1) is 13.4. The summed E-state index contributed by atoms with van der Waals surface area (Å²) in [6, 6.07) is 13.8. The van der Waals surface area contributed by atoms with Gasteiger partial charge in [0.05, 0.1) is 6.42 Å². The summed E-state index contributed by atoms with van der Waals surface area (Å²) in [6.45, 7) is 3.19. The summed E-state index contributed by atoms with van der Waals surface area (Å²) < 4.78 is 5.03. The molecule has 0 aromatic heterocycles. The molecule has 1 saturated heterocycles. The Hall–Kier alpha value is -2.86. The van der Waals surface area contributed by atoms with Crippen LogP contribution < -0.4 is 4.74 Å². The number of rotatable bonds is 4. The number of hydrogen-bond acceptors (Lipinski definition) is 4. The molecule has 2 aromatic carbocycles. The third kappa shape index (κ3) is 5.10. The second-order valence-electron chi connectivity index (χ2n) is 6.60. The number of amides is 2. The van der Waals surface area contributed by atoms with Gasteiger partial charge in [0.15, 0.2) is 0 Å². The zero-order valence-corrected chi connectivity index (χ0v) is 16.3. The number of hydrogen-bond donors (Lipinski definition) is 0. The molecule has 1 aliphatic rings. The molecule has 1 aliphatic heterocycles. The van der Waals surface area contributed by atoms with Crippen LogP contribution >= 0.6 is 11.6 Å². The summed E-state index contributed by atoms with van der Waals surface area (Å²) in [4.78, 5) is 39.8. The summed E-state index contributed by atoms with van der Waals surface area (Å²) >= 11 is 5.97. The van der Waals surface area contributed by atoms with Gasteiger partial charge < -0.3 is 14.5 Å². The Kier molecular flexibility index (Phi) is 6.31. The van der Waals surface area contributed by atoms with Crippen molar-refractivity contribution in [2.45, 2.75) is 13.3 Å². The van der Waals surface area contributed by atoms with E-state index >= 15 is 0 Å². The van der Waals surface area contributed by atoms with Gasteiger partial charge in [-0.2, -0.15) is 0 Å². The van der Waals surface area contributed by atoms with Crippen molar-refractivity contribution in [3.8, 4) is 5.75 Å². The van der Waals surface area contributed by atoms with Gasteiger partial charge in [-0.3, -0.25) is 14.4 Å². The maximum absolute atomic E-state index is 12.7. The summed E-state index contributed by atoms with van der Waals surface area (Å²) in [6.07, 6.45) is 0.291. The molecule has 1 heterocycles. The lowest BCUT2D eigenvalue weighted by molar-refractivity contribution is -0.132. The minimum absolute atomic E-state index is 0.0196. The highest BCUT2D eigenvalue weighted by Crippen LogP contribution is 2.17. The van der Waals surface area contributed by atoms with E-state index in [-0.39, 0.29) is 11.8 Å². The molecular weight excluding hydrogens is 380 g/mol. The Morgan fingerprint density at radius 2 is 1.64 bits per heavy atom. The molecular formula is C21H21ClN2O4. The van der Waals surface area contributed by atoms with Gasteiger partial charge in [0.2, 0.25) is 5.91 Å². The lowest BCUT2D eigenvalue weighted by Crippen LogP contribution is -2.51. The van der Waals surface area contributed by atoms with E-state index in [9.17, 15) is 14.4 Å². The van der Waals surface area contributed by atoms with Crippen LogP contribution in [-0.2, 0) is 16.0 Å². The molecule has 6 nitrogen and oxygen atoms in total. The second kappa shape index (κ2) is 8.89. The zero-order valence-electron chi connectivity index (χ0n) is 15.6. The molecule has 0 saturated carbocycles. The minimum atomic E-state index is -0.434. The van der Waals surface area contributed by atoms with Crippen LogP contribution in [0.1, 0.15) is 22.8 Å². The fraction of sp³-hybridized carbons (Fsp3) is 0.286. The molecule has 2 aromatic rings. The smallest absolute Gasteiger partial charge is 0.308 e. The van der Waals surface area contributed by atoms with Crippen LogP contribution in [0.25, 0.3) is 0 Å². The van der Waals surface area contributed by atoms with Gasteiger partial charge in [-0.1, -0.05) is 29.8 Å².